The van der Waals surface area contributed by atoms with Crippen molar-refractivity contribution in [2.75, 3.05) is 18.5 Å². The van der Waals surface area contributed by atoms with Crippen LogP contribution in [0.3, 0.4) is 0 Å². The van der Waals surface area contributed by atoms with Crippen LogP contribution < -0.4 is 10.6 Å². The zero-order valence-electron chi connectivity index (χ0n) is 19.7. The number of nitrogens with zero attached hydrogens (tertiary/aromatic N) is 1. The van der Waals surface area contributed by atoms with E-state index in [1.54, 1.807) is 43.3 Å². The van der Waals surface area contributed by atoms with Crippen molar-refractivity contribution in [1.29, 1.82) is 0 Å². The van der Waals surface area contributed by atoms with E-state index in [4.69, 9.17) is 26.6 Å². The number of carbonyl (C=O) groups excluding carboxylic acids is 2. The highest BCUT2D eigenvalue weighted by molar-refractivity contribution is 6.31. The van der Waals surface area contributed by atoms with Gasteiger partial charge in [-0.05, 0) is 37.3 Å². The number of halogens is 2. The summed E-state index contributed by atoms with van der Waals surface area (Å²) in [5.74, 6) is -4.07. The van der Waals surface area contributed by atoms with Crippen molar-refractivity contribution in [1.82, 2.24) is 5.32 Å². The number of rotatable bonds is 6. The highest BCUT2D eigenvalue weighted by atomic mass is 35.5. The molecule has 4 N–H and O–H groups in total. The minimum Gasteiger partial charge on any atom is -0.478 e. The van der Waals surface area contributed by atoms with Crippen LogP contribution in [0.5, 0.6) is 0 Å². The van der Waals surface area contributed by atoms with Crippen molar-refractivity contribution in [3.05, 3.63) is 88.0 Å². The molecule has 2 aromatic carbocycles. The van der Waals surface area contributed by atoms with E-state index >= 15 is 0 Å². The van der Waals surface area contributed by atoms with Gasteiger partial charge in [-0.2, -0.15) is 0 Å². The predicted molar refractivity (Wildman–Crippen MR) is 134 cm³/mol. The normalized spacial score (nSPS) is 13.6. The molecule has 0 spiro atoms. The molecule has 0 radical (unpaired) electrons. The molecule has 37 heavy (non-hydrogen) atoms. The molecule has 0 atom stereocenters. The molecule has 3 rings (SSSR count). The molecule has 0 unspecified atom stereocenters. The van der Waals surface area contributed by atoms with Gasteiger partial charge in [0.25, 0.3) is 0 Å². The van der Waals surface area contributed by atoms with Gasteiger partial charge in [-0.1, -0.05) is 23.7 Å². The first-order valence-electron chi connectivity index (χ1n) is 10.7. The number of aliphatic imine (C=N–C) groups is 1. The van der Waals surface area contributed by atoms with Crippen LogP contribution in [-0.2, 0) is 23.9 Å². The molecule has 1 heterocycles. The number of fused-ring (bicyclic) bond motifs is 1. The minimum atomic E-state index is -1.26. The predicted octanol–water partition coefficient (Wildman–Crippen LogP) is 3.36. The highest BCUT2D eigenvalue weighted by Gasteiger charge is 2.24. The number of ether oxygens (including phenoxy) is 1. The number of hydrogen-bond acceptors (Lipinski definition) is 7. The van der Waals surface area contributed by atoms with Crippen LogP contribution in [0.4, 0.5) is 10.1 Å². The summed E-state index contributed by atoms with van der Waals surface area (Å²) in [5, 5.41) is 21.7. The quantitative estimate of drug-likeness (QED) is 0.327. The number of benzene rings is 2. The lowest BCUT2D eigenvalue weighted by atomic mass is 10.00. The largest absolute Gasteiger partial charge is 0.478 e. The Hall–Kier alpha value is -4.51. The third-order valence-electron chi connectivity index (χ3n) is 4.50. The SMILES string of the molecule is CCOC(=O)C(NC(C)=O)=C1CN=C(c2ccccc2F)c2cc(Cl)ccc2N1.O=C(O)/C=C\C(=O)O. The number of amides is 1. The molecule has 0 bridgehead atoms. The van der Waals surface area contributed by atoms with Crippen LogP contribution in [0.15, 0.2) is 71.0 Å². The van der Waals surface area contributed by atoms with Crippen molar-refractivity contribution < 1.29 is 38.5 Å². The Kier molecular flexibility index (Phi) is 10.5. The Morgan fingerprint density at radius 1 is 1.11 bits per heavy atom. The molecule has 1 amide bonds. The van der Waals surface area contributed by atoms with Gasteiger partial charge in [-0.3, -0.25) is 9.79 Å². The van der Waals surface area contributed by atoms with Crippen molar-refractivity contribution in [3.63, 3.8) is 0 Å². The molecule has 10 nitrogen and oxygen atoms in total. The summed E-state index contributed by atoms with van der Waals surface area (Å²) < 4.78 is 19.5. The van der Waals surface area contributed by atoms with Crippen LogP contribution in [0.1, 0.15) is 25.0 Å². The molecule has 0 saturated heterocycles. The Bertz CT molecular complexity index is 1290. The van der Waals surface area contributed by atoms with Crippen LogP contribution in [-0.4, -0.2) is 52.9 Å². The molecule has 1 aliphatic heterocycles. The molecule has 1 aliphatic rings. The summed E-state index contributed by atoms with van der Waals surface area (Å²) in [6, 6.07) is 11.3. The number of esters is 1. The van der Waals surface area contributed by atoms with E-state index in [1.165, 1.54) is 13.0 Å². The first-order valence-corrected chi connectivity index (χ1v) is 11.1. The van der Waals surface area contributed by atoms with E-state index in [1.807, 2.05) is 0 Å². The molecule has 12 heteroatoms. The van der Waals surface area contributed by atoms with Crippen LogP contribution in [0, 0.1) is 5.82 Å². The molecular formula is C25H23ClFN3O7. The zero-order valence-corrected chi connectivity index (χ0v) is 20.5. The van der Waals surface area contributed by atoms with E-state index in [0.717, 1.165) is 0 Å². The topological polar surface area (TPSA) is 154 Å². The maximum absolute atomic E-state index is 14.5. The summed E-state index contributed by atoms with van der Waals surface area (Å²) in [7, 11) is 0. The molecule has 0 aromatic heterocycles. The van der Waals surface area contributed by atoms with Crippen LogP contribution in [0.25, 0.3) is 0 Å². The highest BCUT2D eigenvalue weighted by Crippen LogP contribution is 2.29. The molecular weight excluding hydrogens is 509 g/mol. The lowest BCUT2D eigenvalue weighted by Crippen LogP contribution is -2.30. The summed E-state index contributed by atoms with van der Waals surface area (Å²) in [4.78, 5) is 47.7. The standard InChI is InChI=1S/C21H19ClFN3O3.C4H4O4/c1-3-29-21(28)20(25-12(2)27)18-11-24-19(14-6-4-5-7-16(14)23)15-10-13(22)8-9-17(15)26-18;5-3(6)1-2-4(7)8/h4-10,26H,3,11H2,1-2H3,(H,25,27);1-2H,(H,5,6)(H,7,8)/b;2-1-. The van der Waals surface area contributed by atoms with E-state index in [0.29, 0.717) is 45.4 Å². The number of benzodiazepines with no additional fused rings is 1. The van der Waals surface area contributed by atoms with Gasteiger partial charge in [0, 0.05) is 40.9 Å². The molecule has 0 saturated carbocycles. The number of carbonyl (C=O) groups is 4. The fourth-order valence-corrected chi connectivity index (χ4v) is 3.24. The summed E-state index contributed by atoms with van der Waals surface area (Å²) in [6.07, 6.45) is 1.12. The first kappa shape index (κ1) is 28.7. The van der Waals surface area contributed by atoms with Gasteiger partial charge >= 0.3 is 17.9 Å². The maximum Gasteiger partial charge on any atom is 0.356 e. The summed E-state index contributed by atoms with van der Waals surface area (Å²) in [6.45, 7) is 3.09. The number of nitrogens with one attached hydrogen (secondary N) is 2. The summed E-state index contributed by atoms with van der Waals surface area (Å²) in [5.41, 5.74) is 2.11. The van der Waals surface area contributed by atoms with Gasteiger partial charge in [0.05, 0.1) is 24.6 Å². The number of aliphatic carboxylic acids is 2. The second-order valence-electron chi connectivity index (χ2n) is 7.22. The second kappa shape index (κ2) is 13.5. The molecule has 2 aromatic rings. The van der Waals surface area contributed by atoms with Crippen molar-refractivity contribution in [2.45, 2.75) is 13.8 Å². The molecule has 0 aliphatic carbocycles. The van der Waals surface area contributed by atoms with Crippen molar-refractivity contribution >= 4 is 46.8 Å². The van der Waals surface area contributed by atoms with Gasteiger partial charge in [0.2, 0.25) is 5.91 Å². The smallest absolute Gasteiger partial charge is 0.356 e. The zero-order chi connectivity index (χ0) is 27.5. The van der Waals surface area contributed by atoms with Crippen molar-refractivity contribution in [2.24, 2.45) is 4.99 Å². The number of hydrogen-bond donors (Lipinski definition) is 4. The monoisotopic (exact) mass is 531 g/mol. The number of carboxylic acid groups (broad SMARTS) is 2. The summed E-state index contributed by atoms with van der Waals surface area (Å²) >= 11 is 6.16. The van der Waals surface area contributed by atoms with E-state index in [-0.39, 0.29) is 18.8 Å². The first-order chi connectivity index (χ1) is 17.5. The van der Waals surface area contributed by atoms with Gasteiger partial charge in [-0.15, -0.1) is 0 Å². The van der Waals surface area contributed by atoms with Gasteiger partial charge in [0.15, 0.2) is 0 Å². The Morgan fingerprint density at radius 2 is 1.76 bits per heavy atom. The Labute approximate surface area is 216 Å². The molecule has 0 fully saturated rings. The second-order valence-corrected chi connectivity index (χ2v) is 7.66. The van der Waals surface area contributed by atoms with Crippen LogP contribution in [0.2, 0.25) is 5.02 Å². The fraction of sp³-hybridized carbons (Fsp3) is 0.160. The minimum absolute atomic E-state index is 0.00953. The Morgan fingerprint density at radius 3 is 2.32 bits per heavy atom. The fourth-order valence-electron chi connectivity index (χ4n) is 3.06. The molecule has 194 valence electrons. The van der Waals surface area contributed by atoms with E-state index < -0.39 is 29.6 Å². The maximum atomic E-state index is 14.5. The average molecular weight is 532 g/mol. The van der Waals surface area contributed by atoms with Gasteiger partial charge < -0.3 is 25.6 Å². The lowest BCUT2D eigenvalue weighted by Gasteiger charge is -2.15. The Balaban J connectivity index is 0.000000521. The van der Waals surface area contributed by atoms with Gasteiger partial charge in [0.1, 0.15) is 11.5 Å². The van der Waals surface area contributed by atoms with E-state index in [9.17, 15) is 23.6 Å². The third-order valence-corrected chi connectivity index (χ3v) is 4.73. The third kappa shape index (κ3) is 8.58. The van der Waals surface area contributed by atoms with E-state index in [2.05, 4.69) is 15.6 Å². The average Bonchev–Trinajstić information content (AvgIpc) is 3.01. The number of carboxylic acids is 2. The van der Waals surface area contributed by atoms with Gasteiger partial charge in [-0.25, -0.2) is 18.8 Å². The van der Waals surface area contributed by atoms with Crippen LogP contribution >= 0.6 is 11.6 Å². The number of anilines is 1. The lowest BCUT2D eigenvalue weighted by molar-refractivity contribution is -0.140. The van der Waals surface area contributed by atoms with Crippen molar-refractivity contribution in [3.8, 4) is 0 Å².